The molecule has 3 N–H and O–H groups in total. The van der Waals surface area contributed by atoms with Crippen molar-refractivity contribution in [1.82, 2.24) is 10.3 Å². The summed E-state index contributed by atoms with van der Waals surface area (Å²) in [5.41, 5.74) is 6.25. The zero-order valence-electron chi connectivity index (χ0n) is 8.98. The van der Waals surface area contributed by atoms with Crippen molar-refractivity contribution >= 4 is 5.91 Å². The van der Waals surface area contributed by atoms with Gasteiger partial charge in [0.25, 0.3) is 0 Å². The smallest absolute Gasteiger partial charge is 0.222 e. The van der Waals surface area contributed by atoms with Gasteiger partial charge in [0.2, 0.25) is 5.91 Å². The molecule has 1 aliphatic heterocycles. The molecular weight excluding hydrogens is 206 g/mol. The number of nitrogens with one attached hydrogen (secondary N) is 1. The number of ether oxygens (including phenoxy) is 1. The SMILES string of the molecule is NC1(CC(=O)NCc2ccccn2)COC1. The van der Waals surface area contributed by atoms with Crippen LogP contribution in [-0.2, 0) is 16.1 Å². The normalized spacial score (nSPS) is 17.6. The third-order valence-corrected chi connectivity index (χ3v) is 2.48. The highest BCUT2D eigenvalue weighted by Crippen LogP contribution is 2.17. The van der Waals surface area contributed by atoms with Crippen LogP contribution in [-0.4, -0.2) is 29.6 Å². The van der Waals surface area contributed by atoms with E-state index in [0.717, 1.165) is 5.69 Å². The minimum absolute atomic E-state index is 0.0588. The molecule has 86 valence electrons. The van der Waals surface area contributed by atoms with Crippen molar-refractivity contribution in [1.29, 1.82) is 0 Å². The van der Waals surface area contributed by atoms with E-state index in [9.17, 15) is 4.79 Å². The lowest BCUT2D eigenvalue weighted by Gasteiger charge is -2.37. The van der Waals surface area contributed by atoms with Crippen LogP contribution < -0.4 is 11.1 Å². The molecule has 0 bridgehead atoms. The summed E-state index contributed by atoms with van der Waals surface area (Å²) in [7, 11) is 0. The minimum atomic E-state index is -0.464. The van der Waals surface area contributed by atoms with E-state index in [1.165, 1.54) is 0 Å². The summed E-state index contributed by atoms with van der Waals surface area (Å²) < 4.78 is 4.98. The molecule has 1 aromatic rings. The molecule has 0 aromatic carbocycles. The molecule has 1 saturated heterocycles. The molecule has 5 nitrogen and oxygen atoms in total. The zero-order chi connectivity index (χ0) is 11.4. The van der Waals surface area contributed by atoms with E-state index in [1.807, 2.05) is 18.2 Å². The maximum atomic E-state index is 11.6. The third-order valence-electron chi connectivity index (χ3n) is 2.48. The van der Waals surface area contributed by atoms with Crippen LogP contribution >= 0.6 is 0 Å². The second kappa shape index (κ2) is 4.59. The quantitative estimate of drug-likeness (QED) is 0.739. The standard InChI is InChI=1S/C11H15N3O2/c12-11(7-16-8-11)5-10(15)14-6-9-3-1-2-4-13-9/h1-4H,5-8,12H2,(H,14,15). The van der Waals surface area contributed by atoms with Crippen LogP contribution in [0.3, 0.4) is 0 Å². The zero-order valence-corrected chi connectivity index (χ0v) is 8.98. The number of hydrogen-bond donors (Lipinski definition) is 2. The molecule has 5 heteroatoms. The molecule has 0 unspecified atom stereocenters. The molecule has 1 fully saturated rings. The number of nitrogens with zero attached hydrogens (tertiary/aromatic N) is 1. The summed E-state index contributed by atoms with van der Waals surface area (Å²) in [5.74, 6) is -0.0588. The van der Waals surface area contributed by atoms with Gasteiger partial charge in [0, 0.05) is 12.6 Å². The molecule has 1 amide bonds. The maximum absolute atomic E-state index is 11.6. The molecule has 2 rings (SSSR count). The van der Waals surface area contributed by atoms with E-state index in [-0.39, 0.29) is 5.91 Å². The number of hydrogen-bond acceptors (Lipinski definition) is 4. The van der Waals surface area contributed by atoms with Crippen LogP contribution in [0.4, 0.5) is 0 Å². The number of rotatable bonds is 4. The Balaban J connectivity index is 1.76. The lowest BCUT2D eigenvalue weighted by molar-refractivity contribution is -0.128. The van der Waals surface area contributed by atoms with Gasteiger partial charge in [-0.05, 0) is 12.1 Å². The Kier molecular flexibility index (Phi) is 3.17. The summed E-state index contributed by atoms with van der Waals surface area (Å²) in [6.45, 7) is 1.37. The monoisotopic (exact) mass is 221 g/mol. The molecule has 0 aliphatic carbocycles. The Morgan fingerprint density at radius 1 is 1.56 bits per heavy atom. The van der Waals surface area contributed by atoms with Crippen molar-refractivity contribution < 1.29 is 9.53 Å². The van der Waals surface area contributed by atoms with Gasteiger partial charge in [-0.1, -0.05) is 6.07 Å². The average Bonchev–Trinajstić information content (AvgIpc) is 2.26. The van der Waals surface area contributed by atoms with Crippen molar-refractivity contribution in [2.24, 2.45) is 5.73 Å². The lowest BCUT2D eigenvalue weighted by Crippen LogP contribution is -2.59. The van der Waals surface area contributed by atoms with E-state index in [1.54, 1.807) is 6.20 Å². The Morgan fingerprint density at radius 2 is 2.38 bits per heavy atom. The first kappa shape index (κ1) is 11.0. The van der Waals surface area contributed by atoms with Gasteiger partial charge in [-0.3, -0.25) is 9.78 Å². The van der Waals surface area contributed by atoms with Gasteiger partial charge in [-0.15, -0.1) is 0 Å². The van der Waals surface area contributed by atoms with E-state index in [4.69, 9.17) is 10.5 Å². The highest BCUT2D eigenvalue weighted by Gasteiger charge is 2.36. The third kappa shape index (κ3) is 2.77. The van der Waals surface area contributed by atoms with Crippen molar-refractivity contribution in [2.45, 2.75) is 18.5 Å². The average molecular weight is 221 g/mol. The van der Waals surface area contributed by atoms with Crippen LogP contribution in [0.25, 0.3) is 0 Å². The molecule has 1 aromatic heterocycles. The Labute approximate surface area is 94.0 Å². The van der Waals surface area contributed by atoms with Gasteiger partial charge in [0.15, 0.2) is 0 Å². The van der Waals surface area contributed by atoms with E-state index < -0.39 is 5.54 Å². The van der Waals surface area contributed by atoms with Gasteiger partial charge < -0.3 is 15.8 Å². The largest absolute Gasteiger partial charge is 0.377 e. The predicted molar refractivity (Wildman–Crippen MR) is 58.4 cm³/mol. The Morgan fingerprint density at radius 3 is 2.94 bits per heavy atom. The van der Waals surface area contributed by atoms with Gasteiger partial charge in [0.05, 0.1) is 31.0 Å². The van der Waals surface area contributed by atoms with Crippen LogP contribution in [0.2, 0.25) is 0 Å². The van der Waals surface area contributed by atoms with Crippen molar-refractivity contribution in [3.63, 3.8) is 0 Å². The summed E-state index contributed by atoms with van der Waals surface area (Å²) in [6, 6.07) is 5.59. The van der Waals surface area contributed by atoms with Crippen LogP contribution in [0, 0.1) is 0 Å². The molecule has 0 atom stereocenters. The van der Waals surface area contributed by atoms with Gasteiger partial charge in [0.1, 0.15) is 0 Å². The first-order chi connectivity index (χ1) is 7.68. The predicted octanol–water partition coefficient (Wildman–Crippen LogP) is -0.184. The molecule has 2 heterocycles. The fourth-order valence-electron chi connectivity index (χ4n) is 1.54. The van der Waals surface area contributed by atoms with E-state index in [2.05, 4.69) is 10.3 Å². The van der Waals surface area contributed by atoms with Crippen molar-refractivity contribution in [3.8, 4) is 0 Å². The number of carbonyl (C=O) groups excluding carboxylic acids is 1. The molecular formula is C11H15N3O2. The topological polar surface area (TPSA) is 77.2 Å². The highest BCUT2D eigenvalue weighted by atomic mass is 16.5. The molecule has 0 saturated carbocycles. The van der Waals surface area contributed by atoms with Gasteiger partial charge >= 0.3 is 0 Å². The van der Waals surface area contributed by atoms with Crippen molar-refractivity contribution in [2.75, 3.05) is 13.2 Å². The summed E-state index contributed by atoms with van der Waals surface area (Å²) in [4.78, 5) is 15.7. The molecule has 1 aliphatic rings. The second-order valence-electron chi connectivity index (χ2n) is 4.13. The summed E-state index contributed by atoms with van der Waals surface area (Å²) in [5, 5.41) is 2.79. The van der Waals surface area contributed by atoms with Gasteiger partial charge in [-0.25, -0.2) is 0 Å². The van der Waals surface area contributed by atoms with Gasteiger partial charge in [-0.2, -0.15) is 0 Å². The highest BCUT2D eigenvalue weighted by molar-refractivity contribution is 5.77. The lowest BCUT2D eigenvalue weighted by atomic mass is 9.94. The maximum Gasteiger partial charge on any atom is 0.222 e. The number of pyridine rings is 1. The number of amides is 1. The summed E-state index contributed by atoms with van der Waals surface area (Å²) in [6.07, 6.45) is 2.01. The Hall–Kier alpha value is -1.46. The van der Waals surface area contributed by atoms with Crippen molar-refractivity contribution in [3.05, 3.63) is 30.1 Å². The van der Waals surface area contributed by atoms with E-state index >= 15 is 0 Å². The fraction of sp³-hybridized carbons (Fsp3) is 0.455. The minimum Gasteiger partial charge on any atom is -0.377 e. The first-order valence-corrected chi connectivity index (χ1v) is 5.21. The molecule has 0 radical (unpaired) electrons. The molecule has 0 spiro atoms. The Bertz CT molecular complexity index is 363. The van der Waals surface area contributed by atoms with Crippen LogP contribution in [0.5, 0.6) is 0 Å². The first-order valence-electron chi connectivity index (χ1n) is 5.21. The fourth-order valence-corrected chi connectivity index (χ4v) is 1.54. The summed E-state index contributed by atoms with van der Waals surface area (Å²) >= 11 is 0. The number of aromatic nitrogens is 1. The number of nitrogens with two attached hydrogens (primary N) is 1. The van der Waals surface area contributed by atoms with E-state index in [0.29, 0.717) is 26.2 Å². The second-order valence-corrected chi connectivity index (χ2v) is 4.13. The van der Waals surface area contributed by atoms with Crippen LogP contribution in [0.15, 0.2) is 24.4 Å². The number of carbonyl (C=O) groups is 1. The molecule has 16 heavy (non-hydrogen) atoms. The van der Waals surface area contributed by atoms with Crippen LogP contribution in [0.1, 0.15) is 12.1 Å².